The Labute approximate surface area is 107 Å². The molecule has 2 aromatic rings. The number of carboxylic acids is 1. The van der Waals surface area contributed by atoms with E-state index >= 15 is 0 Å². The number of carboxylic acid groups (broad SMARTS) is 1. The molecule has 0 unspecified atom stereocenters. The topological polar surface area (TPSA) is 94.0 Å². The Kier molecular flexibility index (Phi) is 3.98. The lowest BCUT2D eigenvalue weighted by molar-refractivity contribution is -0.133. The molecule has 0 radical (unpaired) electrons. The Hall–Kier alpha value is -1.83. The average Bonchev–Trinajstić information content (AvgIpc) is 2.92. The number of carbonyl (C=O) groups is 1. The van der Waals surface area contributed by atoms with Crippen LogP contribution in [0.25, 0.3) is 0 Å². The minimum Gasteiger partial charge on any atom is -0.481 e. The Bertz CT molecular complexity index is 523. The van der Waals surface area contributed by atoms with Crippen LogP contribution in [0.3, 0.4) is 0 Å². The van der Waals surface area contributed by atoms with Gasteiger partial charge in [0.25, 0.3) is 0 Å². The summed E-state index contributed by atoms with van der Waals surface area (Å²) < 4.78 is 6.55. The summed E-state index contributed by atoms with van der Waals surface area (Å²) in [6.45, 7) is 2.51. The Morgan fingerprint density at radius 3 is 3.11 bits per heavy atom. The molecule has 0 aromatic carbocycles. The molecular weight excluding hydrogens is 256 g/mol. The van der Waals surface area contributed by atoms with Gasteiger partial charge in [-0.3, -0.25) is 4.79 Å². The van der Waals surface area contributed by atoms with Gasteiger partial charge in [0.2, 0.25) is 6.39 Å². The molecule has 0 bridgehead atoms. The summed E-state index contributed by atoms with van der Waals surface area (Å²) >= 11 is 1.20. The van der Waals surface area contributed by atoms with Crippen LogP contribution >= 0.6 is 11.8 Å². The minimum atomic E-state index is -0.856. The summed E-state index contributed by atoms with van der Waals surface area (Å²) in [7, 11) is 0. The maximum Gasteiger partial charge on any atom is 0.313 e. The van der Waals surface area contributed by atoms with E-state index in [-0.39, 0.29) is 5.75 Å². The SMILES string of the molecule is Cc1cn(CCc2ncon2)c(SCC(=O)O)n1. The number of imidazole rings is 1. The molecule has 0 fully saturated rings. The highest BCUT2D eigenvalue weighted by Gasteiger charge is 2.09. The zero-order chi connectivity index (χ0) is 13.0. The van der Waals surface area contributed by atoms with Gasteiger partial charge in [-0.25, -0.2) is 4.98 Å². The molecule has 0 amide bonds. The lowest BCUT2D eigenvalue weighted by atomic mass is 10.4. The number of aliphatic carboxylic acids is 1. The summed E-state index contributed by atoms with van der Waals surface area (Å²) in [6.07, 6.45) is 3.78. The fraction of sp³-hybridized carbons (Fsp3) is 0.400. The molecule has 96 valence electrons. The molecule has 2 aromatic heterocycles. The zero-order valence-corrected chi connectivity index (χ0v) is 10.6. The molecule has 0 aliphatic heterocycles. The van der Waals surface area contributed by atoms with Crippen LogP contribution in [0.2, 0.25) is 0 Å². The van der Waals surface area contributed by atoms with Crippen LogP contribution in [-0.2, 0) is 17.8 Å². The van der Waals surface area contributed by atoms with E-state index in [1.54, 1.807) is 0 Å². The van der Waals surface area contributed by atoms with Crippen LogP contribution in [0.15, 0.2) is 22.3 Å². The van der Waals surface area contributed by atoms with Crippen molar-refractivity contribution in [2.45, 2.75) is 25.0 Å². The van der Waals surface area contributed by atoms with Crippen molar-refractivity contribution in [3.63, 3.8) is 0 Å². The van der Waals surface area contributed by atoms with Crippen molar-refractivity contribution in [2.24, 2.45) is 0 Å². The quantitative estimate of drug-likeness (QED) is 0.781. The molecule has 0 atom stereocenters. The highest BCUT2D eigenvalue weighted by molar-refractivity contribution is 7.99. The second-order valence-electron chi connectivity index (χ2n) is 3.64. The van der Waals surface area contributed by atoms with Crippen LogP contribution in [0, 0.1) is 6.92 Å². The van der Waals surface area contributed by atoms with Gasteiger partial charge in [0, 0.05) is 19.2 Å². The van der Waals surface area contributed by atoms with E-state index < -0.39 is 5.97 Å². The lowest BCUT2D eigenvalue weighted by Gasteiger charge is -2.04. The minimum absolute atomic E-state index is 0.00133. The molecule has 2 heterocycles. The van der Waals surface area contributed by atoms with Gasteiger partial charge in [-0.05, 0) is 6.92 Å². The molecule has 18 heavy (non-hydrogen) atoms. The Morgan fingerprint density at radius 2 is 2.44 bits per heavy atom. The largest absolute Gasteiger partial charge is 0.481 e. The summed E-state index contributed by atoms with van der Waals surface area (Å²) in [5, 5.41) is 13.1. The fourth-order valence-corrected chi connectivity index (χ4v) is 2.22. The number of hydrogen-bond acceptors (Lipinski definition) is 6. The fourth-order valence-electron chi connectivity index (χ4n) is 1.45. The monoisotopic (exact) mass is 268 g/mol. The predicted molar refractivity (Wildman–Crippen MR) is 63.3 cm³/mol. The number of thioether (sulfide) groups is 1. The molecule has 0 saturated carbocycles. The summed E-state index contributed by atoms with van der Waals surface area (Å²) in [6, 6.07) is 0. The number of aryl methyl sites for hydroxylation is 3. The zero-order valence-electron chi connectivity index (χ0n) is 9.74. The molecule has 7 nitrogen and oxygen atoms in total. The van der Waals surface area contributed by atoms with Crippen molar-refractivity contribution in [1.82, 2.24) is 19.7 Å². The Morgan fingerprint density at radius 1 is 1.61 bits per heavy atom. The average molecular weight is 268 g/mol. The first-order valence-corrected chi connectivity index (χ1v) is 6.27. The van der Waals surface area contributed by atoms with Gasteiger partial charge in [0.1, 0.15) is 0 Å². The molecule has 0 aliphatic rings. The van der Waals surface area contributed by atoms with E-state index in [1.807, 2.05) is 17.7 Å². The van der Waals surface area contributed by atoms with E-state index in [2.05, 4.69) is 19.6 Å². The molecule has 0 spiro atoms. The van der Waals surface area contributed by atoms with Crippen LogP contribution in [0.4, 0.5) is 0 Å². The Balaban J connectivity index is 2.00. The smallest absolute Gasteiger partial charge is 0.313 e. The maximum absolute atomic E-state index is 10.5. The summed E-state index contributed by atoms with van der Waals surface area (Å²) in [4.78, 5) is 18.8. The molecular formula is C10H12N4O3S. The van der Waals surface area contributed by atoms with Crippen LogP contribution in [0.1, 0.15) is 11.5 Å². The molecule has 0 saturated heterocycles. The van der Waals surface area contributed by atoms with E-state index in [9.17, 15) is 4.79 Å². The van der Waals surface area contributed by atoms with Gasteiger partial charge in [-0.15, -0.1) is 0 Å². The van der Waals surface area contributed by atoms with Gasteiger partial charge >= 0.3 is 5.97 Å². The van der Waals surface area contributed by atoms with E-state index in [0.717, 1.165) is 5.69 Å². The number of hydrogen-bond donors (Lipinski definition) is 1. The molecule has 1 N–H and O–H groups in total. The van der Waals surface area contributed by atoms with Crippen molar-refractivity contribution >= 4 is 17.7 Å². The third-order valence-electron chi connectivity index (χ3n) is 2.17. The van der Waals surface area contributed by atoms with E-state index in [1.165, 1.54) is 18.2 Å². The summed E-state index contributed by atoms with van der Waals surface area (Å²) in [5.74, 6) is -0.237. The standard InChI is InChI=1S/C10H12N4O3S/c1-7-4-14(3-2-8-11-6-17-13-8)10(12-7)18-5-9(15)16/h4,6H,2-3,5H2,1H3,(H,15,16). The highest BCUT2D eigenvalue weighted by atomic mass is 32.2. The lowest BCUT2D eigenvalue weighted by Crippen LogP contribution is -2.05. The normalized spacial score (nSPS) is 10.7. The first-order chi connectivity index (χ1) is 8.65. The van der Waals surface area contributed by atoms with Gasteiger partial charge in [0.05, 0.1) is 11.4 Å². The van der Waals surface area contributed by atoms with Gasteiger partial charge in [-0.1, -0.05) is 16.9 Å². The van der Waals surface area contributed by atoms with E-state index in [0.29, 0.717) is 23.9 Å². The second kappa shape index (κ2) is 5.67. The predicted octanol–water partition coefficient (Wildman–Crippen LogP) is 0.994. The van der Waals surface area contributed by atoms with Gasteiger partial charge in [0.15, 0.2) is 11.0 Å². The van der Waals surface area contributed by atoms with Crippen LogP contribution < -0.4 is 0 Å². The molecule has 0 aliphatic carbocycles. The molecule has 8 heteroatoms. The van der Waals surface area contributed by atoms with E-state index in [4.69, 9.17) is 5.11 Å². The van der Waals surface area contributed by atoms with Crippen LogP contribution in [0.5, 0.6) is 0 Å². The van der Waals surface area contributed by atoms with Crippen molar-refractivity contribution in [3.8, 4) is 0 Å². The molecule has 2 rings (SSSR count). The number of aromatic nitrogens is 4. The van der Waals surface area contributed by atoms with Gasteiger partial charge in [-0.2, -0.15) is 4.98 Å². The number of rotatable bonds is 6. The van der Waals surface area contributed by atoms with Crippen molar-refractivity contribution in [1.29, 1.82) is 0 Å². The number of nitrogens with zero attached hydrogens (tertiary/aromatic N) is 4. The van der Waals surface area contributed by atoms with Gasteiger partial charge < -0.3 is 14.2 Å². The van der Waals surface area contributed by atoms with Crippen LogP contribution in [-0.4, -0.2) is 36.5 Å². The first kappa shape index (κ1) is 12.6. The third-order valence-corrected chi connectivity index (χ3v) is 3.14. The van der Waals surface area contributed by atoms with Crippen molar-refractivity contribution < 1.29 is 14.4 Å². The van der Waals surface area contributed by atoms with Crippen molar-refractivity contribution in [3.05, 3.63) is 24.1 Å². The maximum atomic E-state index is 10.5. The van der Waals surface area contributed by atoms with Crippen molar-refractivity contribution in [2.75, 3.05) is 5.75 Å². The first-order valence-electron chi connectivity index (χ1n) is 5.29. The summed E-state index contributed by atoms with van der Waals surface area (Å²) in [5.41, 5.74) is 0.857. The second-order valence-corrected chi connectivity index (χ2v) is 4.58. The highest BCUT2D eigenvalue weighted by Crippen LogP contribution is 2.17. The third kappa shape index (κ3) is 3.33.